The second-order valence-corrected chi connectivity index (χ2v) is 7.03. The van der Waals surface area contributed by atoms with Crippen LogP contribution >= 0.6 is 0 Å². The van der Waals surface area contributed by atoms with Crippen molar-refractivity contribution in [3.8, 4) is 0 Å². The van der Waals surface area contributed by atoms with Gasteiger partial charge < -0.3 is 10.0 Å². The highest BCUT2D eigenvalue weighted by molar-refractivity contribution is 5.82. The molecule has 5 atom stereocenters. The number of nitrogens with zero attached hydrogens (tertiary/aromatic N) is 1. The van der Waals surface area contributed by atoms with Crippen molar-refractivity contribution in [3.63, 3.8) is 0 Å². The van der Waals surface area contributed by atoms with Crippen molar-refractivity contribution in [1.29, 1.82) is 0 Å². The van der Waals surface area contributed by atoms with E-state index in [1.54, 1.807) is 4.90 Å². The number of quaternary nitrogens is 1. The van der Waals surface area contributed by atoms with Crippen LogP contribution in [0.15, 0.2) is 36.5 Å². The third-order valence-electron chi connectivity index (χ3n) is 6.02. The fourth-order valence-electron chi connectivity index (χ4n) is 4.77. The molecule has 22 heavy (non-hydrogen) atoms. The molecule has 3 heteroatoms. The van der Waals surface area contributed by atoms with E-state index in [0.29, 0.717) is 6.04 Å². The Hall–Kier alpha value is -1.45. The lowest BCUT2D eigenvalue weighted by Crippen LogP contribution is -3.20. The van der Waals surface area contributed by atoms with E-state index >= 15 is 0 Å². The monoisotopic (exact) mass is 297 g/mol. The molecule has 4 heterocycles. The lowest BCUT2D eigenvalue weighted by Gasteiger charge is -2.48. The van der Waals surface area contributed by atoms with Gasteiger partial charge in [0.1, 0.15) is 12.1 Å². The first kappa shape index (κ1) is 14.2. The smallest absolute Gasteiger partial charge is 0.131 e. The lowest BCUT2D eigenvalue weighted by atomic mass is 9.72. The Morgan fingerprint density at radius 1 is 1.32 bits per heavy atom. The van der Waals surface area contributed by atoms with Crippen LogP contribution in [-0.2, 0) is 0 Å². The SMILES string of the molecule is CC[C@H]1C[NH+]2CC[C@@H]1C[C@@H]2[C@H](O)c1ccnc2ccccc12. The lowest BCUT2D eigenvalue weighted by molar-refractivity contribution is -0.950. The van der Waals surface area contributed by atoms with E-state index in [1.807, 2.05) is 30.5 Å². The van der Waals surface area contributed by atoms with Crippen LogP contribution in [0.3, 0.4) is 0 Å². The Balaban J connectivity index is 1.66. The number of aliphatic hydroxyl groups excluding tert-OH is 1. The highest BCUT2D eigenvalue weighted by Crippen LogP contribution is 2.34. The standard InChI is InChI=1S/C19H24N2O/c1-2-13-12-21-10-8-14(13)11-18(21)19(22)16-7-9-20-17-6-4-3-5-15(16)17/h3-7,9,13-14,18-19,22H,2,8,10-12H2,1H3/p+1/t13-,14+,18+,19+/m0/s1. The fraction of sp³-hybridized carbons (Fsp3) is 0.526. The maximum atomic E-state index is 11.1. The first-order chi connectivity index (χ1) is 10.8. The predicted molar refractivity (Wildman–Crippen MR) is 87.7 cm³/mol. The van der Waals surface area contributed by atoms with Crippen LogP contribution < -0.4 is 4.90 Å². The summed E-state index contributed by atoms with van der Waals surface area (Å²) in [5.41, 5.74) is 2.04. The molecule has 3 fully saturated rings. The van der Waals surface area contributed by atoms with Gasteiger partial charge in [0.25, 0.3) is 0 Å². The van der Waals surface area contributed by atoms with Crippen molar-refractivity contribution in [1.82, 2.24) is 4.98 Å². The van der Waals surface area contributed by atoms with Crippen LogP contribution in [-0.4, -0.2) is 29.2 Å². The zero-order chi connectivity index (χ0) is 15.1. The van der Waals surface area contributed by atoms with Gasteiger partial charge in [0.15, 0.2) is 0 Å². The number of pyridine rings is 1. The third-order valence-corrected chi connectivity index (χ3v) is 6.02. The summed E-state index contributed by atoms with van der Waals surface area (Å²) in [6.07, 6.45) is 5.26. The minimum Gasteiger partial charge on any atom is -0.382 e. The third kappa shape index (κ3) is 2.24. The maximum absolute atomic E-state index is 11.1. The second-order valence-electron chi connectivity index (χ2n) is 7.03. The van der Waals surface area contributed by atoms with E-state index in [0.717, 1.165) is 28.3 Å². The van der Waals surface area contributed by atoms with E-state index in [4.69, 9.17) is 0 Å². The van der Waals surface area contributed by atoms with Crippen molar-refractivity contribution < 1.29 is 10.0 Å². The number of fused-ring (bicyclic) bond motifs is 4. The number of para-hydroxylation sites is 1. The summed E-state index contributed by atoms with van der Waals surface area (Å²) < 4.78 is 0. The zero-order valence-electron chi connectivity index (χ0n) is 13.2. The highest BCUT2D eigenvalue weighted by atomic mass is 16.3. The first-order valence-electron chi connectivity index (χ1n) is 8.64. The minimum atomic E-state index is -0.372. The number of piperidine rings is 3. The highest BCUT2D eigenvalue weighted by Gasteiger charge is 2.46. The zero-order valence-corrected chi connectivity index (χ0v) is 13.2. The van der Waals surface area contributed by atoms with Crippen molar-refractivity contribution in [2.24, 2.45) is 11.8 Å². The molecular formula is C19H25N2O+. The Bertz CT molecular complexity index is 666. The molecule has 0 aliphatic carbocycles. The summed E-state index contributed by atoms with van der Waals surface area (Å²) in [7, 11) is 0. The Morgan fingerprint density at radius 2 is 2.18 bits per heavy atom. The summed E-state index contributed by atoms with van der Waals surface area (Å²) in [6.45, 7) is 4.78. The molecule has 116 valence electrons. The average Bonchev–Trinajstić information content (AvgIpc) is 2.60. The number of rotatable bonds is 3. The summed E-state index contributed by atoms with van der Waals surface area (Å²) >= 11 is 0. The maximum Gasteiger partial charge on any atom is 0.131 e. The number of hydrogen-bond acceptors (Lipinski definition) is 2. The molecule has 3 aliphatic rings. The van der Waals surface area contributed by atoms with Crippen LogP contribution in [0.2, 0.25) is 0 Å². The van der Waals surface area contributed by atoms with Crippen molar-refractivity contribution in [2.45, 2.75) is 38.3 Å². The molecule has 1 aromatic heterocycles. The molecular weight excluding hydrogens is 272 g/mol. The molecule has 3 saturated heterocycles. The van der Waals surface area contributed by atoms with Gasteiger partial charge in [0, 0.05) is 30.3 Å². The molecule has 2 N–H and O–H groups in total. The molecule has 3 nitrogen and oxygen atoms in total. The number of hydrogen-bond donors (Lipinski definition) is 2. The molecule has 0 spiro atoms. The molecule has 5 rings (SSSR count). The Labute approximate surface area is 132 Å². The fourth-order valence-corrected chi connectivity index (χ4v) is 4.77. The van der Waals surface area contributed by atoms with Gasteiger partial charge in [-0.1, -0.05) is 25.1 Å². The van der Waals surface area contributed by atoms with Crippen LogP contribution in [0.5, 0.6) is 0 Å². The molecule has 0 radical (unpaired) electrons. The Morgan fingerprint density at radius 3 is 2.95 bits per heavy atom. The summed E-state index contributed by atoms with van der Waals surface area (Å²) in [4.78, 5) is 6.04. The van der Waals surface area contributed by atoms with Gasteiger partial charge in [0.2, 0.25) is 0 Å². The van der Waals surface area contributed by atoms with Crippen LogP contribution in [0.4, 0.5) is 0 Å². The van der Waals surface area contributed by atoms with Gasteiger partial charge in [-0.05, 0) is 30.0 Å². The van der Waals surface area contributed by atoms with Gasteiger partial charge >= 0.3 is 0 Å². The van der Waals surface area contributed by atoms with E-state index < -0.39 is 0 Å². The quantitative estimate of drug-likeness (QED) is 0.909. The summed E-state index contributed by atoms with van der Waals surface area (Å²) in [5, 5.41) is 12.2. The summed E-state index contributed by atoms with van der Waals surface area (Å²) in [6, 6.07) is 10.5. The normalized spacial score (nSPS) is 32.3. The molecule has 2 aromatic rings. The van der Waals surface area contributed by atoms with Gasteiger partial charge in [-0.15, -0.1) is 0 Å². The number of benzene rings is 1. The van der Waals surface area contributed by atoms with Gasteiger partial charge in [-0.3, -0.25) is 4.98 Å². The average molecular weight is 297 g/mol. The number of aromatic nitrogens is 1. The molecule has 1 unspecified atom stereocenters. The van der Waals surface area contributed by atoms with Gasteiger partial charge in [0.05, 0.1) is 18.6 Å². The minimum absolute atomic E-state index is 0.354. The van der Waals surface area contributed by atoms with E-state index in [2.05, 4.69) is 18.0 Å². The van der Waals surface area contributed by atoms with Crippen LogP contribution in [0.1, 0.15) is 37.9 Å². The molecule has 1 aromatic carbocycles. The van der Waals surface area contributed by atoms with Crippen molar-refractivity contribution in [3.05, 3.63) is 42.1 Å². The largest absolute Gasteiger partial charge is 0.382 e. The van der Waals surface area contributed by atoms with E-state index in [-0.39, 0.29) is 6.10 Å². The Kier molecular flexibility index (Phi) is 3.63. The molecule has 2 bridgehead atoms. The first-order valence-corrected chi connectivity index (χ1v) is 8.64. The molecule has 0 amide bonds. The van der Waals surface area contributed by atoms with Gasteiger partial charge in [-0.2, -0.15) is 0 Å². The number of nitrogens with one attached hydrogen (secondary N) is 1. The summed E-state index contributed by atoms with van der Waals surface area (Å²) in [5.74, 6) is 1.68. The number of aliphatic hydroxyl groups is 1. The van der Waals surface area contributed by atoms with E-state index in [9.17, 15) is 5.11 Å². The second kappa shape index (κ2) is 5.64. The predicted octanol–water partition coefficient (Wildman–Crippen LogP) is 1.97. The van der Waals surface area contributed by atoms with Gasteiger partial charge in [-0.25, -0.2) is 0 Å². The van der Waals surface area contributed by atoms with Crippen LogP contribution in [0.25, 0.3) is 10.9 Å². The van der Waals surface area contributed by atoms with Crippen molar-refractivity contribution in [2.75, 3.05) is 13.1 Å². The van der Waals surface area contributed by atoms with Crippen molar-refractivity contribution >= 4 is 10.9 Å². The topological polar surface area (TPSA) is 37.6 Å². The molecule has 3 aliphatic heterocycles. The van der Waals surface area contributed by atoms with E-state index in [1.165, 1.54) is 32.4 Å². The molecule has 0 saturated carbocycles. The van der Waals surface area contributed by atoms with Crippen LogP contribution in [0, 0.1) is 11.8 Å².